The minimum atomic E-state index is -3.34. The van der Waals surface area contributed by atoms with E-state index in [2.05, 4.69) is 9.97 Å². The molecule has 0 radical (unpaired) electrons. The summed E-state index contributed by atoms with van der Waals surface area (Å²) >= 11 is 0. The Kier molecular flexibility index (Phi) is 4.37. The molecule has 1 atom stereocenters. The molecule has 116 valence electrons. The zero-order chi connectivity index (χ0) is 14.7. The van der Waals surface area contributed by atoms with Crippen molar-refractivity contribution < 1.29 is 13.2 Å². The van der Waals surface area contributed by atoms with Crippen molar-refractivity contribution in [2.45, 2.75) is 31.8 Å². The van der Waals surface area contributed by atoms with Crippen LogP contribution in [0.4, 0.5) is 0 Å². The van der Waals surface area contributed by atoms with Crippen LogP contribution >= 0.6 is 0 Å². The molecule has 2 aliphatic heterocycles. The van der Waals surface area contributed by atoms with Gasteiger partial charge >= 0.3 is 6.01 Å². The highest BCUT2D eigenvalue weighted by Gasteiger charge is 2.35. The van der Waals surface area contributed by atoms with Crippen molar-refractivity contribution in [2.24, 2.45) is 0 Å². The molecule has 3 heterocycles. The van der Waals surface area contributed by atoms with E-state index in [1.807, 2.05) is 0 Å². The van der Waals surface area contributed by atoms with E-state index >= 15 is 0 Å². The smallest absolute Gasteiger partial charge is 0.316 e. The second-order valence-electron chi connectivity index (χ2n) is 5.39. The van der Waals surface area contributed by atoms with Gasteiger partial charge in [0.1, 0.15) is 6.10 Å². The van der Waals surface area contributed by atoms with Gasteiger partial charge in [-0.05, 0) is 31.7 Å². The van der Waals surface area contributed by atoms with Gasteiger partial charge in [-0.15, -0.1) is 0 Å². The van der Waals surface area contributed by atoms with Crippen LogP contribution in [-0.2, 0) is 10.2 Å². The van der Waals surface area contributed by atoms with Crippen LogP contribution in [0, 0.1) is 0 Å². The molecule has 1 aromatic heterocycles. The number of aromatic nitrogens is 2. The summed E-state index contributed by atoms with van der Waals surface area (Å²) in [5.74, 6) is 0. The monoisotopic (exact) mass is 312 g/mol. The van der Waals surface area contributed by atoms with Gasteiger partial charge in [0, 0.05) is 32.0 Å². The molecule has 2 aliphatic rings. The fourth-order valence-corrected chi connectivity index (χ4v) is 4.55. The van der Waals surface area contributed by atoms with Crippen LogP contribution in [0.25, 0.3) is 0 Å². The number of piperidine rings is 1. The number of ether oxygens (including phenoxy) is 1. The quantitative estimate of drug-likeness (QED) is 0.816. The first-order valence-electron chi connectivity index (χ1n) is 7.35. The summed E-state index contributed by atoms with van der Waals surface area (Å²) in [5.41, 5.74) is 0. The van der Waals surface area contributed by atoms with Crippen LogP contribution in [0.1, 0.15) is 25.7 Å². The third kappa shape index (κ3) is 3.33. The van der Waals surface area contributed by atoms with Crippen molar-refractivity contribution in [3.05, 3.63) is 18.5 Å². The van der Waals surface area contributed by atoms with E-state index in [1.165, 1.54) is 4.31 Å². The van der Waals surface area contributed by atoms with Crippen LogP contribution in [0.2, 0.25) is 0 Å². The fraction of sp³-hybridized carbons (Fsp3) is 0.692. The lowest BCUT2D eigenvalue weighted by molar-refractivity contribution is 0.116. The number of hydrogen-bond donors (Lipinski definition) is 0. The minimum absolute atomic E-state index is 0.182. The number of hydrogen-bond acceptors (Lipinski definition) is 5. The summed E-state index contributed by atoms with van der Waals surface area (Å²) in [6.45, 7) is 2.20. The summed E-state index contributed by atoms with van der Waals surface area (Å²) < 4.78 is 33.9. The zero-order valence-electron chi connectivity index (χ0n) is 11.9. The topological polar surface area (TPSA) is 75.6 Å². The molecule has 8 heteroatoms. The van der Waals surface area contributed by atoms with E-state index in [4.69, 9.17) is 4.74 Å². The van der Waals surface area contributed by atoms with E-state index in [0.29, 0.717) is 32.2 Å². The first-order valence-corrected chi connectivity index (χ1v) is 8.75. The molecule has 0 aromatic carbocycles. The minimum Gasteiger partial charge on any atom is -0.459 e. The normalized spacial score (nSPS) is 25.0. The molecule has 0 spiro atoms. The zero-order valence-corrected chi connectivity index (χ0v) is 12.7. The average Bonchev–Trinajstić information content (AvgIpc) is 3.04. The Morgan fingerprint density at radius 3 is 2.43 bits per heavy atom. The molecule has 0 bridgehead atoms. The SMILES string of the molecule is O=S(=O)(N1CCCC1)N1CCCC(Oc2ncccn2)C1. The van der Waals surface area contributed by atoms with Crippen LogP contribution in [-0.4, -0.2) is 59.3 Å². The lowest BCUT2D eigenvalue weighted by Gasteiger charge is -2.33. The molecule has 3 rings (SSSR count). The van der Waals surface area contributed by atoms with Gasteiger partial charge in [-0.2, -0.15) is 17.0 Å². The van der Waals surface area contributed by atoms with Gasteiger partial charge in [-0.3, -0.25) is 0 Å². The van der Waals surface area contributed by atoms with E-state index in [9.17, 15) is 8.42 Å². The van der Waals surface area contributed by atoms with Crippen LogP contribution in [0.3, 0.4) is 0 Å². The van der Waals surface area contributed by atoms with Gasteiger partial charge in [0.25, 0.3) is 10.2 Å². The Labute approximate surface area is 125 Å². The standard InChI is InChI=1S/C13H20N4O3S/c18-21(19,16-8-1-2-9-16)17-10-3-5-12(11-17)20-13-14-6-4-7-15-13/h4,6-7,12H,1-3,5,8-11H2. The Bertz CT molecular complexity index is 560. The Hall–Kier alpha value is -1.25. The van der Waals surface area contributed by atoms with Crippen molar-refractivity contribution in [3.63, 3.8) is 0 Å². The van der Waals surface area contributed by atoms with Gasteiger partial charge in [0.15, 0.2) is 0 Å². The largest absolute Gasteiger partial charge is 0.459 e. The molecule has 0 amide bonds. The maximum atomic E-state index is 12.6. The Balaban J connectivity index is 1.65. The second-order valence-corrected chi connectivity index (χ2v) is 7.31. The van der Waals surface area contributed by atoms with Gasteiger partial charge in [0.2, 0.25) is 0 Å². The van der Waals surface area contributed by atoms with Crippen molar-refractivity contribution in [1.29, 1.82) is 0 Å². The predicted molar refractivity (Wildman–Crippen MR) is 77.0 cm³/mol. The van der Waals surface area contributed by atoms with Crippen molar-refractivity contribution in [3.8, 4) is 6.01 Å². The maximum Gasteiger partial charge on any atom is 0.316 e. The molecule has 1 unspecified atom stereocenters. The molecular weight excluding hydrogens is 292 g/mol. The first-order chi connectivity index (χ1) is 10.2. The van der Waals surface area contributed by atoms with Crippen LogP contribution in [0.15, 0.2) is 18.5 Å². The third-order valence-electron chi connectivity index (χ3n) is 3.87. The molecule has 2 saturated heterocycles. The van der Waals surface area contributed by atoms with E-state index in [1.54, 1.807) is 22.8 Å². The molecule has 1 aromatic rings. The molecule has 7 nitrogen and oxygen atoms in total. The van der Waals surface area contributed by atoms with Gasteiger partial charge < -0.3 is 4.74 Å². The second kappa shape index (κ2) is 6.25. The number of nitrogens with zero attached hydrogens (tertiary/aromatic N) is 4. The van der Waals surface area contributed by atoms with Crippen LogP contribution < -0.4 is 4.74 Å². The lowest BCUT2D eigenvalue weighted by Crippen LogP contribution is -2.49. The van der Waals surface area contributed by atoms with Gasteiger partial charge in [-0.25, -0.2) is 9.97 Å². The van der Waals surface area contributed by atoms with Crippen molar-refractivity contribution in [2.75, 3.05) is 26.2 Å². The van der Waals surface area contributed by atoms with Gasteiger partial charge in [0.05, 0.1) is 6.54 Å². The maximum absolute atomic E-state index is 12.6. The van der Waals surface area contributed by atoms with Gasteiger partial charge in [-0.1, -0.05) is 0 Å². The highest BCUT2D eigenvalue weighted by molar-refractivity contribution is 7.86. The summed E-state index contributed by atoms with van der Waals surface area (Å²) in [5, 5.41) is 0. The molecule has 21 heavy (non-hydrogen) atoms. The summed E-state index contributed by atoms with van der Waals surface area (Å²) in [7, 11) is -3.34. The molecular formula is C13H20N4O3S. The molecule has 0 aliphatic carbocycles. The van der Waals surface area contributed by atoms with E-state index < -0.39 is 10.2 Å². The Morgan fingerprint density at radius 2 is 1.71 bits per heavy atom. The molecule has 0 saturated carbocycles. The van der Waals surface area contributed by atoms with Crippen LogP contribution in [0.5, 0.6) is 6.01 Å². The summed E-state index contributed by atoms with van der Waals surface area (Å²) in [4.78, 5) is 8.05. The van der Waals surface area contributed by atoms with Crippen molar-refractivity contribution >= 4 is 10.2 Å². The number of rotatable bonds is 4. The third-order valence-corrected chi connectivity index (χ3v) is 5.87. The first kappa shape index (κ1) is 14.7. The van der Waals surface area contributed by atoms with E-state index in [0.717, 1.165) is 25.7 Å². The highest BCUT2D eigenvalue weighted by atomic mass is 32.2. The van der Waals surface area contributed by atoms with E-state index in [-0.39, 0.29) is 6.10 Å². The molecule has 0 N–H and O–H groups in total. The predicted octanol–water partition coefficient (Wildman–Crippen LogP) is 0.660. The highest BCUT2D eigenvalue weighted by Crippen LogP contribution is 2.22. The summed E-state index contributed by atoms with van der Waals surface area (Å²) in [6, 6.07) is 2.03. The summed E-state index contributed by atoms with van der Waals surface area (Å²) in [6.07, 6.45) is 6.57. The fourth-order valence-electron chi connectivity index (χ4n) is 2.79. The average molecular weight is 312 g/mol. The lowest BCUT2D eigenvalue weighted by atomic mass is 10.1. The molecule has 2 fully saturated rings. The van der Waals surface area contributed by atoms with Crippen molar-refractivity contribution in [1.82, 2.24) is 18.6 Å². The Morgan fingerprint density at radius 1 is 1.05 bits per heavy atom.